The average Bonchev–Trinajstić information content (AvgIpc) is 3.16. The van der Waals surface area contributed by atoms with Gasteiger partial charge in [-0.1, -0.05) is 0 Å². The highest BCUT2D eigenvalue weighted by molar-refractivity contribution is 6.04. The molecule has 0 spiro atoms. The number of carbonyl (C=O) groups is 1. The number of anilines is 1. The third kappa shape index (κ3) is 3.47. The van der Waals surface area contributed by atoms with Crippen LogP contribution in [0.15, 0.2) is 61.2 Å². The maximum absolute atomic E-state index is 12.3. The SMILES string of the molecule is COc1ccc(NC(=O)c2ccc(-n3ccnc3)cc2)cc1[N+](=O)[O-]. The molecular formula is C17H14N4O4. The molecular weight excluding hydrogens is 324 g/mol. The van der Waals surface area contributed by atoms with Gasteiger partial charge in [0.2, 0.25) is 0 Å². The summed E-state index contributed by atoms with van der Waals surface area (Å²) in [5, 5.41) is 13.7. The summed E-state index contributed by atoms with van der Waals surface area (Å²) in [5.41, 5.74) is 1.41. The third-order valence-corrected chi connectivity index (χ3v) is 3.57. The summed E-state index contributed by atoms with van der Waals surface area (Å²) in [6.45, 7) is 0. The molecule has 8 heteroatoms. The van der Waals surface area contributed by atoms with E-state index in [1.807, 2.05) is 4.57 Å². The Morgan fingerprint density at radius 2 is 2.00 bits per heavy atom. The number of nitro groups is 1. The molecule has 2 aromatic carbocycles. The summed E-state index contributed by atoms with van der Waals surface area (Å²) >= 11 is 0. The van der Waals surface area contributed by atoms with Crippen LogP contribution in [-0.2, 0) is 0 Å². The zero-order valence-electron chi connectivity index (χ0n) is 13.2. The van der Waals surface area contributed by atoms with Crippen LogP contribution in [-0.4, -0.2) is 27.5 Å². The molecule has 0 bridgehead atoms. The van der Waals surface area contributed by atoms with Crippen LogP contribution in [0.25, 0.3) is 5.69 Å². The van der Waals surface area contributed by atoms with Crippen LogP contribution < -0.4 is 10.1 Å². The summed E-state index contributed by atoms with van der Waals surface area (Å²) in [5.74, 6) is -0.232. The minimum absolute atomic E-state index is 0.132. The van der Waals surface area contributed by atoms with E-state index in [0.29, 0.717) is 11.3 Å². The molecule has 1 aromatic heterocycles. The Hall–Kier alpha value is -3.68. The molecule has 25 heavy (non-hydrogen) atoms. The standard InChI is InChI=1S/C17H14N4O4/c1-25-16-7-4-13(10-15(16)21(23)24)19-17(22)12-2-5-14(6-3-12)20-9-8-18-11-20/h2-11H,1H3,(H,19,22). The van der Waals surface area contributed by atoms with Gasteiger partial charge in [-0.15, -0.1) is 0 Å². The van der Waals surface area contributed by atoms with Crippen molar-refractivity contribution >= 4 is 17.3 Å². The van der Waals surface area contributed by atoms with Gasteiger partial charge in [0.05, 0.1) is 18.4 Å². The zero-order valence-corrected chi connectivity index (χ0v) is 13.2. The van der Waals surface area contributed by atoms with Crippen molar-refractivity contribution in [2.24, 2.45) is 0 Å². The summed E-state index contributed by atoms with van der Waals surface area (Å²) in [6.07, 6.45) is 5.12. The molecule has 3 aromatic rings. The summed E-state index contributed by atoms with van der Waals surface area (Å²) in [7, 11) is 1.35. The summed E-state index contributed by atoms with van der Waals surface area (Å²) < 4.78 is 6.75. The molecule has 0 saturated carbocycles. The first-order valence-corrected chi connectivity index (χ1v) is 7.30. The fraction of sp³-hybridized carbons (Fsp3) is 0.0588. The molecule has 0 atom stereocenters. The van der Waals surface area contributed by atoms with E-state index in [-0.39, 0.29) is 17.3 Å². The van der Waals surface area contributed by atoms with Crippen molar-refractivity contribution in [3.63, 3.8) is 0 Å². The summed E-state index contributed by atoms with van der Waals surface area (Å²) in [6, 6.07) is 11.2. The van der Waals surface area contributed by atoms with E-state index in [0.717, 1.165) is 5.69 Å². The first-order chi connectivity index (χ1) is 12.1. The molecule has 126 valence electrons. The van der Waals surface area contributed by atoms with Gasteiger partial charge in [-0.05, 0) is 36.4 Å². The number of carbonyl (C=O) groups excluding carboxylic acids is 1. The Balaban J connectivity index is 1.78. The number of hydrogen-bond acceptors (Lipinski definition) is 5. The lowest BCUT2D eigenvalue weighted by molar-refractivity contribution is -0.385. The second-order valence-electron chi connectivity index (χ2n) is 5.11. The van der Waals surface area contributed by atoms with Gasteiger partial charge in [0.1, 0.15) is 0 Å². The molecule has 0 unspecified atom stereocenters. The number of ether oxygens (including phenoxy) is 1. The Labute approximate surface area is 142 Å². The van der Waals surface area contributed by atoms with E-state index in [1.54, 1.807) is 49.1 Å². The van der Waals surface area contributed by atoms with E-state index in [2.05, 4.69) is 10.3 Å². The number of aromatic nitrogens is 2. The number of methoxy groups -OCH3 is 1. The maximum atomic E-state index is 12.3. The van der Waals surface area contributed by atoms with E-state index in [4.69, 9.17) is 4.74 Å². The van der Waals surface area contributed by atoms with Crippen molar-refractivity contribution in [3.8, 4) is 11.4 Å². The third-order valence-electron chi connectivity index (χ3n) is 3.57. The minimum Gasteiger partial charge on any atom is -0.490 e. The Bertz CT molecular complexity index is 905. The highest BCUT2D eigenvalue weighted by Crippen LogP contribution is 2.29. The highest BCUT2D eigenvalue weighted by atomic mass is 16.6. The molecule has 1 amide bonds. The molecule has 0 fully saturated rings. The van der Waals surface area contributed by atoms with Gasteiger partial charge in [-0.3, -0.25) is 14.9 Å². The Kier molecular flexibility index (Phi) is 4.42. The van der Waals surface area contributed by atoms with Gasteiger partial charge in [0.15, 0.2) is 5.75 Å². The van der Waals surface area contributed by atoms with E-state index < -0.39 is 4.92 Å². The molecule has 1 N–H and O–H groups in total. The van der Waals surface area contributed by atoms with Gasteiger partial charge in [0, 0.05) is 35.4 Å². The van der Waals surface area contributed by atoms with Crippen molar-refractivity contribution in [2.45, 2.75) is 0 Å². The summed E-state index contributed by atoms with van der Waals surface area (Å²) in [4.78, 5) is 26.8. The number of benzene rings is 2. The predicted molar refractivity (Wildman–Crippen MR) is 91.2 cm³/mol. The number of amides is 1. The maximum Gasteiger partial charge on any atom is 0.312 e. The fourth-order valence-electron chi connectivity index (χ4n) is 2.31. The van der Waals surface area contributed by atoms with Crippen molar-refractivity contribution in [1.82, 2.24) is 9.55 Å². The predicted octanol–water partition coefficient (Wildman–Crippen LogP) is 3.04. The fourth-order valence-corrected chi connectivity index (χ4v) is 2.31. The number of nitro benzene ring substituents is 1. The van der Waals surface area contributed by atoms with Gasteiger partial charge in [0.25, 0.3) is 5.91 Å². The van der Waals surface area contributed by atoms with Gasteiger partial charge in [-0.25, -0.2) is 4.98 Å². The van der Waals surface area contributed by atoms with Gasteiger partial charge < -0.3 is 14.6 Å². The van der Waals surface area contributed by atoms with Crippen LogP contribution in [0.1, 0.15) is 10.4 Å². The molecule has 0 saturated heterocycles. The van der Waals surface area contributed by atoms with Crippen LogP contribution in [0, 0.1) is 10.1 Å². The zero-order chi connectivity index (χ0) is 17.8. The number of hydrogen-bond donors (Lipinski definition) is 1. The van der Waals surface area contributed by atoms with E-state index >= 15 is 0 Å². The normalized spacial score (nSPS) is 10.3. The largest absolute Gasteiger partial charge is 0.490 e. The lowest BCUT2D eigenvalue weighted by atomic mass is 10.2. The smallest absolute Gasteiger partial charge is 0.312 e. The van der Waals surface area contributed by atoms with Gasteiger partial charge >= 0.3 is 5.69 Å². The molecule has 3 rings (SSSR count). The number of nitrogens with one attached hydrogen (secondary N) is 1. The highest BCUT2D eigenvalue weighted by Gasteiger charge is 2.16. The van der Waals surface area contributed by atoms with Crippen molar-refractivity contribution in [2.75, 3.05) is 12.4 Å². The number of nitrogens with zero attached hydrogens (tertiary/aromatic N) is 3. The molecule has 8 nitrogen and oxygen atoms in total. The molecule has 0 radical (unpaired) electrons. The topological polar surface area (TPSA) is 99.3 Å². The van der Waals surface area contributed by atoms with Crippen molar-refractivity contribution in [3.05, 3.63) is 76.9 Å². The first kappa shape index (κ1) is 16.2. The second-order valence-corrected chi connectivity index (χ2v) is 5.11. The van der Waals surface area contributed by atoms with Crippen LogP contribution in [0.2, 0.25) is 0 Å². The van der Waals surface area contributed by atoms with Crippen molar-refractivity contribution < 1.29 is 14.5 Å². The molecule has 0 aliphatic heterocycles. The lowest BCUT2D eigenvalue weighted by Crippen LogP contribution is -2.12. The van der Waals surface area contributed by atoms with E-state index in [9.17, 15) is 14.9 Å². The quantitative estimate of drug-likeness (QED) is 0.569. The van der Waals surface area contributed by atoms with Crippen molar-refractivity contribution in [1.29, 1.82) is 0 Å². The van der Waals surface area contributed by atoms with Crippen LogP contribution >= 0.6 is 0 Å². The van der Waals surface area contributed by atoms with E-state index in [1.165, 1.54) is 19.2 Å². The average molecular weight is 338 g/mol. The molecule has 0 aliphatic carbocycles. The first-order valence-electron chi connectivity index (χ1n) is 7.30. The second kappa shape index (κ2) is 6.83. The van der Waals surface area contributed by atoms with Crippen LogP contribution in [0.5, 0.6) is 5.75 Å². The number of imidazole rings is 1. The Morgan fingerprint density at radius 3 is 2.60 bits per heavy atom. The number of rotatable bonds is 5. The monoisotopic (exact) mass is 338 g/mol. The van der Waals surface area contributed by atoms with Gasteiger partial charge in [-0.2, -0.15) is 0 Å². The van der Waals surface area contributed by atoms with Crippen LogP contribution in [0.4, 0.5) is 11.4 Å². The minimum atomic E-state index is -0.561. The van der Waals surface area contributed by atoms with Crippen LogP contribution in [0.3, 0.4) is 0 Å². The molecule has 0 aliphatic rings. The Morgan fingerprint density at radius 1 is 1.24 bits per heavy atom. The molecule has 1 heterocycles. The lowest BCUT2D eigenvalue weighted by Gasteiger charge is -2.08.